The van der Waals surface area contributed by atoms with Gasteiger partial charge in [-0.25, -0.2) is 0 Å². The predicted octanol–water partition coefficient (Wildman–Crippen LogP) is 1.82. The van der Waals surface area contributed by atoms with Gasteiger partial charge in [-0.1, -0.05) is 13.8 Å². The van der Waals surface area contributed by atoms with Crippen molar-refractivity contribution in [2.24, 2.45) is 5.92 Å². The molecular weight excluding hydrogens is 256 g/mol. The standard InChI is InChI=1S/C15H24N2O3/c1-12(2)10-15(18)16-11-13(14-4-3-7-20-14)17-5-8-19-9-6-17/h3-4,7,12-13H,5-6,8-11H2,1-2H3,(H,16,18). The largest absolute Gasteiger partial charge is 0.468 e. The van der Waals surface area contributed by atoms with Crippen molar-refractivity contribution in [3.8, 4) is 0 Å². The minimum Gasteiger partial charge on any atom is -0.468 e. The lowest BCUT2D eigenvalue weighted by atomic mass is 10.1. The molecule has 2 rings (SSSR count). The number of nitrogens with zero attached hydrogens (tertiary/aromatic N) is 1. The van der Waals surface area contributed by atoms with Gasteiger partial charge in [-0.2, -0.15) is 0 Å². The van der Waals surface area contributed by atoms with Crippen molar-refractivity contribution in [2.45, 2.75) is 26.3 Å². The van der Waals surface area contributed by atoms with Gasteiger partial charge >= 0.3 is 0 Å². The highest BCUT2D eigenvalue weighted by Gasteiger charge is 2.25. The summed E-state index contributed by atoms with van der Waals surface area (Å²) in [6.07, 6.45) is 2.24. The zero-order chi connectivity index (χ0) is 14.4. The number of amides is 1. The van der Waals surface area contributed by atoms with Gasteiger partial charge in [0.2, 0.25) is 5.91 Å². The molecule has 1 amide bonds. The van der Waals surface area contributed by atoms with Crippen LogP contribution in [0.1, 0.15) is 32.1 Å². The molecule has 0 aliphatic carbocycles. The first-order chi connectivity index (χ1) is 9.66. The molecule has 0 saturated carbocycles. The monoisotopic (exact) mass is 280 g/mol. The third kappa shape index (κ3) is 4.35. The second-order valence-electron chi connectivity index (χ2n) is 5.58. The maximum Gasteiger partial charge on any atom is 0.220 e. The Kier molecular flexibility index (Phi) is 5.61. The van der Waals surface area contributed by atoms with Crippen LogP contribution in [0.15, 0.2) is 22.8 Å². The van der Waals surface area contributed by atoms with E-state index in [2.05, 4.69) is 10.2 Å². The zero-order valence-electron chi connectivity index (χ0n) is 12.3. The highest BCUT2D eigenvalue weighted by atomic mass is 16.5. The number of carbonyl (C=O) groups excluding carboxylic acids is 1. The van der Waals surface area contributed by atoms with Crippen LogP contribution in [0.3, 0.4) is 0 Å². The van der Waals surface area contributed by atoms with Gasteiger partial charge in [-0.3, -0.25) is 9.69 Å². The first-order valence-electron chi connectivity index (χ1n) is 7.28. The van der Waals surface area contributed by atoms with Crippen molar-refractivity contribution < 1.29 is 13.9 Å². The van der Waals surface area contributed by atoms with Crippen molar-refractivity contribution in [1.82, 2.24) is 10.2 Å². The van der Waals surface area contributed by atoms with Gasteiger partial charge in [0.15, 0.2) is 0 Å². The van der Waals surface area contributed by atoms with Crippen LogP contribution in [0.4, 0.5) is 0 Å². The van der Waals surface area contributed by atoms with Crippen LogP contribution in [0.25, 0.3) is 0 Å². The van der Waals surface area contributed by atoms with Gasteiger partial charge in [0.1, 0.15) is 5.76 Å². The lowest BCUT2D eigenvalue weighted by Gasteiger charge is -2.33. The van der Waals surface area contributed by atoms with E-state index < -0.39 is 0 Å². The Balaban J connectivity index is 1.94. The molecule has 1 aliphatic heterocycles. The minimum atomic E-state index is 0.0880. The molecule has 0 spiro atoms. The van der Waals surface area contributed by atoms with E-state index in [1.165, 1.54) is 0 Å². The average Bonchev–Trinajstić information content (AvgIpc) is 2.93. The highest BCUT2D eigenvalue weighted by Crippen LogP contribution is 2.21. The highest BCUT2D eigenvalue weighted by molar-refractivity contribution is 5.76. The summed E-state index contributed by atoms with van der Waals surface area (Å²) in [5.41, 5.74) is 0. The smallest absolute Gasteiger partial charge is 0.220 e. The molecule has 1 aromatic heterocycles. The van der Waals surface area contributed by atoms with Crippen molar-refractivity contribution in [3.05, 3.63) is 24.2 Å². The lowest BCUT2D eigenvalue weighted by Crippen LogP contribution is -2.43. The number of rotatable bonds is 6. The van der Waals surface area contributed by atoms with Crippen molar-refractivity contribution in [1.29, 1.82) is 0 Å². The maximum absolute atomic E-state index is 11.8. The molecule has 1 saturated heterocycles. The molecule has 0 aromatic carbocycles. The van der Waals surface area contributed by atoms with E-state index in [1.54, 1.807) is 6.26 Å². The number of nitrogens with one attached hydrogen (secondary N) is 1. The fourth-order valence-electron chi connectivity index (χ4n) is 2.43. The maximum atomic E-state index is 11.8. The third-order valence-electron chi connectivity index (χ3n) is 3.44. The Morgan fingerprint density at radius 2 is 2.15 bits per heavy atom. The summed E-state index contributed by atoms with van der Waals surface area (Å²) < 4.78 is 10.9. The molecule has 20 heavy (non-hydrogen) atoms. The van der Waals surface area contributed by atoms with E-state index in [9.17, 15) is 4.79 Å². The van der Waals surface area contributed by atoms with Crippen LogP contribution in [0.2, 0.25) is 0 Å². The molecule has 0 bridgehead atoms. The molecule has 112 valence electrons. The Labute approximate surface area is 120 Å². The second kappa shape index (κ2) is 7.45. The summed E-state index contributed by atoms with van der Waals surface area (Å²) in [4.78, 5) is 14.1. The molecule has 1 unspecified atom stereocenters. The first kappa shape index (κ1) is 15.1. The summed E-state index contributed by atoms with van der Waals surface area (Å²) in [5, 5.41) is 3.02. The van der Waals surface area contributed by atoms with Gasteiger partial charge in [0.25, 0.3) is 0 Å². The molecular formula is C15H24N2O3. The average molecular weight is 280 g/mol. The quantitative estimate of drug-likeness (QED) is 0.863. The number of furan rings is 1. The van der Waals surface area contributed by atoms with E-state index in [1.807, 2.05) is 26.0 Å². The van der Waals surface area contributed by atoms with Crippen molar-refractivity contribution >= 4 is 5.91 Å². The molecule has 5 heteroatoms. The van der Waals surface area contributed by atoms with Crippen LogP contribution in [-0.4, -0.2) is 43.7 Å². The Hall–Kier alpha value is -1.33. The van der Waals surface area contributed by atoms with Gasteiger partial charge in [-0.05, 0) is 18.1 Å². The summed E-state index contributed by atoms with van der Waals surface area (Å²) >= 11 is 0. The SMILES string of the molecule is CC(C)CC(=O)NCC(c1ccco1)N1CCOCC1. The predicted molar refractivity (Wildman–Crippen MR) is 76.3 cm³/mol. The summed E-state index contributed by atoms with van der Waals surface area (Å²) in [6.45, 7) is 7.88. The molecule has 1 atom stereocenters. The summed E-state index contributed by atoms with van der Waals surface area (Å²) in [6, 6.07) is 3.94. The molecule has 1 N–H and O–H groups in total. The number of hydrogen-bond donors (Lipinski definition) is 1. The summed E-state index contributed by atoms with van der Waals surface area (Å²) in [5.74, 6) is 1.38. The van der Waals surface area contributed by atoms with Crippen LogP contribution >= 0.6 is 0 Å². The van der Waals surface area contributed by atoms with E-state index in [4.69, 9.17) is 9.15 Å². The Morgan fingerprint density at radius 3 is 2.75 bits per heavy atom. The molecule has 1 fully saturated rings. The van der Waals surface area contributed by atoms with E-state index in [-0.39, 0.29) is 11.9 Å². The number of carbonyl (C=O) groups is 1. The van der Waals surface area contributed by atoms with Crippen molar-refractivity contribution in [2.75, 3.05) is 32.8 Å². The van der Waals surface area contributed by atoms with Gasteiger partial charge in [0.05, 0.1) is 25.5 Å². The van der Waals surface area contributed by atoms with E-state index in [0.29, 0.717) is 18.9 Å². The molecule has 5 nitrogen and oxygen atoms in total. The van der Waals surface area contributed by atoms with E-state index in [0.717, 1.165) is 32.1 Å². The van der Waals surface area contributed by atoms with Gasteiger partial charge in [-0.15, -0.1) is 0 Å². The normalized spacial score (nSPS) is 18.1. The number of hydrogen-bond acceptors (Lipinski definition) is 4. The molecule has 2 heterocycles. The fraction of sp³-hybridized carbons (Fsp3) is 0.667. The summed E-state index contributed by atoms with van der Waals surface area (Å²) in [7, 11) is 0. The Morgan fingerprint density at radius 1 is 1.40 bits per heavy atom. The van der Waals surface area contributed by atoms with E-state index >= 15 is 0 Å². The molecule has 0 radical (unpaired) electrons. The van der Waals surface area contributed by atoms with Crippen LogP contribution in [0, 0.1) is 5.92 Å². The first-order valence-corrected chi connectivity index (χ1v) is 7.28. The second-order valence-corrected chi connectivity index (χ2v) is 5.58. The topological polar surface area (TPSA) is 54.7 Å². The fourth-order valence-corrected chi connectivity index (χ4v) is 2.43. The van der Waals surface area contributed by atoms with Gasteiger partial charge < -0.3 is 14.5 Å². The number of ether oxygens (including phenoxy) is 1. The third-order valence-corrected chi connectivity index (χ3v) is 3.44. The lowest BCUT2D eigenvalue weighted by molar-refractivity contribution is -0.122. The van der Waals surface area contributed by atoms with Crippen molar-refractivity contribution in [3.63, 3.8) is 0 Å². The van der Waals surface area contributed by atoms with Crippen LogP contribution in [-0.2, 0) is 9.53 Å². The molecule has 1 aromatic rings. The van der Waals surface area contributed by atoms with Gasteiger partial charge in [0, 0.05) is 26.1 Å². The Bertz CT molecular complexity index is 397. The minimum absolute atomic E-state index is 0.0880. The van der Waals surface area contributed by atoms with Crippen LogP contribution < -0.4 is 5.32 Å². The molecule has 1 aliphatic rings. The van der Waals surface area contributed by atoms with Crippen LogP contribution in [0.5, 0.6) is 0 Å². The zero-order valence-corrected chi connectivity index (χ0v) is 12.3. The number of morpholine rings is 1.